The zero-order chi connectivity index (χ0) is 18.0. The molecule has 2 atom stereocenters. The number of nitrogens with one attached hydrogen (secondary N) is 1. The quantitative estimate of drug-likeness (QED) is 0.619. The highest BCUT2D eigenvalue weighted by molar-refractivity contribution is 5.73. The molecule has 0 spiro atoms. The molecular formula is C24H33N. The van der Waals surface area contributed by atoms with Crippen molar-refractivity contribution in [1.29, 1.82) is 0 Å². The average Bonchev–Trinajstić information content (AvgIpc) is 2.91. The zero-order valence-electron chi connectivity index (χ0n) is 16.0. The molecule has 1 fully saturated rings. The third-order valence-corrected chi connectivity index (χ3v) is 6.14. The topological polar surface area (TPSA) is 12.0 Å². The van der Waals surface area contributed by atoms with Crippen molar-refractivity contribution in [3.05, 3.63) is 66.0 Å². The van der Waals surface area contributed by atoms with E-state index in [9.17, 15) is 0 Å². The second kappa shape index (κ2) is 7.64. The highest BCUT2D eigenvalue weighted by Gasteiger charge is 2.35. The highest BCUT2D eigenvalue weighted by Crippen LogP contribution is 2.45. The molecule has 0 amide bonds. The molecule has 1 aromatic carbocycles. The fourth-order valence-corrected chi connectivity index (χ4v) is 4.80. The fourth-order valence-electron chi connectivity index (χ4n) is 4.80. The normalized spacial score (nSPS) is 23.1. The molecule has 0 bridgehead atoms. The van der Waals surface area contributed by atoms with E-state index in [-0.39, 0.29) is 0 Å². The minimum atomic E-state index is 0.482. The average molecular weight is 336 g/mol. The van der Waals surface area contributed by atoms with Crippen molar-refractivity contribution in [2.75, 3.05) is 0 Å². The number of allylic oxidation sites excluding steroid dienone is 3. The Morgan fingerprint density at radius 1 is 1.08 bits per heavy atom. The molecule has 1 aliphatic carbocycles. The summed E-state index contributed by atoms with van der Waals surface area (Å²) in [7, 11) is 0. The van der Waals surface area contributed by atoms with Gasteiger partial charge in [0, 0.05) is 17.3 Å². The van der Waals surface area contributed by atoms with Crippen LogP contribution in [0.2, 0.25) is 0 Å². The van der Waals surface area contributed by atoms with Gasteiger partial charge >= 0.3 is 0 Å². The minimum Gasteiger partial charge on any atom is -0.363 e. The van der Waals surface area contributed by atoms with Gasteiger partial charge in [-0.1, -0.05) is 64.6 Å². The lowest BCUT2D eigenvalue weighted by Crippen LogP contribution is -2.29. The Bertz CT molecular complexity index is 675. The van der Waals surface area contributed by atoms with Crippen LogP contribution >= 0.6 is 0 Å². The maximum absolute atomic E-state index is 4.46. The van der Waals surface area contributed by atoms with Crippen molar-refractivity contribution < 1.29 is 0 Å². The van der Waals surface area contributed by atoms with E-state index >= 15 is 0 Å². The van der Waals surface area contributed by atoms with E-state index in [2.05, 4.69) is 57.1 Å². The molecule has 134 valence electrons. The first-order valence-electron chi connectivity index (χ1n) is 10.0. The van der Waals surface area contributed by atoms with E-state index in [0.717, 1.165) is 30.7 Å². The molecule has 3 rings (SSSR count). The summed E-state index contributed by atoms with van der Waals surface area (Å²) in [5.74, 6) is 1.69. The number of benzene rings is 1. The Morgan fingerprint density at radius 2 is 1.80 bits per heavy atom. The smallest absolute Gasteiger partial charge is 0.0113 e. The summed E-state index contributed by atoms with van der Waals surface area (Å²) < 4.78 is 0. The van der Waals surface area contributed by atoms with Gasteiger partial charge < -0.3 is 5.32 Å². The molecule has 1 heteroatoms. The van der Waals surface area contributed by atoms with Crippen LogP contribution in [0.4, 0.5) is 0 Å². The minimum absolute atomic E-state index is 0.482. The lowest BCUT2D eigenvalue weighted by Gasteiger charge is -2.32. The Hall–Kier alpha value is -1.76. The van der Waals surface area contributed by atoms with E-state index in [1.807, 2.05) is 0 Å². The maximum Gasteiger partial charge on any atom is 0.0113 e. The summed E-state index contributed by atoms with van der Waals surface area (Å²) >= 11 is 0. The van der Waals surface area contributed by atoms with Crippen LogP contribution in [-0.4, -0.2) is 0 Å². The Kier molecular flexibility index (Phi) is 5.51. The second-order valence-corrected chi connectivity index (χ2v) is 7.93. The molecule has 0 radical (unpaired) electrons. The van der Waals surface area contributed by atoms with Crippen molar-refractivity contribution >= 4 is 5.57 Å². The van der Waals surface area contributed by atoms with Gasteiger partial charge in [0.1, 0.15) is 0 Å². The molecule has 1 aromatic rings. The molecule has 1 heterocycles. The molecule has 25 heavy (non-hydrogen) atoms. The molecule has 1 nitrogen and oxygen atoms in total. The molecule has 1 N–H and O–H groups in total. The highest BCUT2D eigenvalue weighted by atomic mass is 14.9. The molecule has 2 aliphatic rings. The van der Waals surface area contributed by atoms with Crippen molar-refractivity contribution in [3.8, 4) is 0 Å². The SMILES string of the molecule is C=C1CCC(C2Cc3cc(C(CCC)CCC)ccc3C2=C)C(=C)N1. The van der Waals surface area contributed by atoms with Gasteiger partial charge in [-0.05, 0) is 66.2 Å². The van der Waals surface area contributed by atoms with E-state index in [1.54, 1.807) is 0 Å². The second-order valence-electron chi connectivity index (χ2n) is 7.93. The van der Waals surface area contributed by atoms with Crippen molar-refractivity contribution in [2.45, 2.75) is 64.7 Å². The lowest BCUT2D eigenvalue weighted by molar-refractivity contribution is 0.397. The van der Waals surface area contributed by atoms with Crippen LogP contribution in [0, 0.1) is 11.8 Å². The van der Waals surface area contributed by atoms with Crippen LogP contribution in [0.3, 0.4) is 0 Å². The number of hydrogen-bond donors (Lipinski definition) is 1. The number of piperidine rings is 1. The van der Waals surface area contributed by atoms with Crippen LogP contribution in [0.25, 0.3) is 5.57 Å². The molecule has 0 aromatic heterocycles. The van der Waals surface area contributed by atoms with Gasteiger partial charge in [0.15, 0.2) is 0 Å². The predicted molar refractivity (Wildman–Crippen MR) is 109 cm³/mol. The van der Waals surface area contributed by atoms with Crippen LogP contribution < -0.4 is 5.32 Å². The summed E-state index contributed by atoms with van der Waals surface area (Å²) in [4.78, 5) is 0. The number of rotatable bonds is 6. The molecule has 0 saturated carbocycles. The van der Waals surface area contributed by atoms with E-state index in [4.69, 9.17) is 0 Å². The summed E-state index contributed by atoms with van der Waals surface area (Å²) in [6, 6.07) is 7.18. The summed E-state index contributed by atoms with van der Waals surface area (Å²) in [6.45, 7) is 17.4. The van der Waals surface area contributed by atoms with Gasteiger partial charge in [0.05, 0.1) is 0 Å². The first-order chi connectivity index (χ1) is 12.0. The van der Waals surface area contributed by atoms with Gasteiger partial charge in [0.25, 0.3) is 0 Å². The largest absolute Gasteiger partial charge is 0.363 e. The molecule has 2 unspecified atom stereocenters. The Balaban J connectivity index is 1.81. The first-order valence-corrected chi connectivity index (χ1v) is 10.0. The third-order valence-electron chi connectivity index (χ3n) is 6.14. The Labute approximate surface area is 153 Å². The maximum atomic E-state index is 4.46. The lowest BCUT2D eigenvalue weighted by atomic mass is 9.80. The summed E-state index contributed by atoms with van der Waals surface area (Å²) in [5.41, 5.74) is 7.96. The molecule has 1 saturated heterocycles. The van der Waals surface area contributed by atoms with Gasteiger partial charge in [-0.25, -0.2) is 0 Å². The van der Waals surface area contributed by atoms with Crippen molar-refractivity contribution in [1.82, 2.24) is 5.32 Å². The Morgan fingerprint density at radius 3 is 2.44 bits per heavy atom. The summed E-state index contributed by atoms with van der Waals surface area (Å²) in [5, 5.41) is 3.39. The van der Waals surface area contributed by atoms with E-state index in [1.165, 1.54) is 47.9 Å². The van der Waals surface area contributed by atoms with Gasteiger partial charge in [-0.15, -0.1) is 0 Å². The fraction of sp³-hybridized carbons (Fsp3) is 0.500. The monoisotopic (exact) mass is 335 g/mol. The van der Waals surface area contributed by atoms with Crippen LogP contribution in [0.1, 0.15) is 75.0 Å². The molecular weight excluding hydrogens is 302 g/mol. The zero-order valence-corrected chi connectivity index (χ0v) is 16.0. The van der Waals surface area contributed by atoms with Gasteiger partial charge in [0.2, 0.25) is 0 Å². The van der Waals surface area contributed by atoms with E-state index < -0.39 is 0 Å². The van der Waals surface area contributed by atoms with Crippen LogP contribution in [0.5, 0.6) is 0 Å². The first kappa shape index (κ1) is 18.0. The van der Waals surface area contributed by atoms with E-state index in [0.29, 0.717) is 17.8 Å². The number of hydrogen-bond acceptors (Lipinski definition) is 1. The van der Waals surface area contributed by atoms with Gasteiger partial charge in [-0.2, -0.15) is 0 Å². The van der Waals surface area contributed by atoms with Gasteiger partial charge in [-0.3, -0.25) is 0 Å². The summed E-state index contributed by atoms with van der Waals surface area (Å²) in [6.07, 6.45) is 8.41. The van der Waals surface area contributed by atoms with Crippen molar-refractivity contribution in [2.24, 2.45) is 11.8 Å². The predicted octanol–water partition coefficient (Wildman–Crippen LogP) is 6.58. The standard InChI is InChI=1S/C24H33N/c1-6-8-19(9-7-2)20-11-13-22-17(4)24(15-21(22)14-20)23-12-10-16(3)25-18(23)5/h11,13-14,19,23-25H,3-10,12,15H2,1-2H3. The van der Waals surface area contributed by atoms with Crippen LogP contribution in [-0.2, 0) is 6.42 Å². The number of fused-ring (bicyclic) bond motifs is 1. The van der Waals surface area contributed by atoms with Crippen molar-refractivity contribution in [3.63, 3.8) is 0 Å². The third kappa shape index (κ3) is 3.61. The molecule has 1 aliphatic heterocycles. The van der Waals surface area contributed by atoms with Crippen LogP contribution in [0.15, 0.2) is 49.3 Å².